The molecule has 0 fully saturated rings. The lowest BCUT2D eigenvalue weighted by Gasteiger charge is -2.03. The van der Waals surface area contributed by atoms with Gasteiger partial charge in [0.2, 0.25) is 12.7 Å². The summed E-state index contributed by atoms with van der Waals surface area (Å²) in [5.41, 5.74) is 1.13. The predicted molar refractivity (Wildman–Crippen MR) is 106 cm³/mol. The number of hydrogen-bond donors (Lipinski definition) is 1. The van der Waals surface area contributed by atoms with E-state index in [0.717, 1.165) is 42.7 Å². The lowest BCUT2D eigenvalue weighted by atomic mass is 10.1. The van der Waals surface area contributed by atoms with Gasteiger partial charge in [0, 0.05) is 12.6 Å². The van der Waals surface area contributed by atoms with Crippen LogP contribution in [0.2, 0.25) is 0 Å². The molecule has 1 aliphatic rings. The lowest BCUT2D eigenvalue weighted by Crippen LogP contribution is -2.25. The van der Waals surface area contributed by atoms with E-state index >= 15 is 0 Å². The molecule has 4 nitrogen and oxygen atoms in total. The average molecular weight is 355 g/mol. The van der Waals surface area contributed by atoms with E-state index in [4.69, 9.17) is 9.47 Å². The summed E-state index contributed by atoms with van der Waals surface area (Å²) in [6, 6.07) is 5.99. The highest BCUT2D eigenvalue weighted by molar-refractivity contribution is 5.87. The van der Waals surface area contributed by atoms with Crippen molar-refractivity contribution in [3.8, 4) is 11.5 Å². The number of carbonyl (C=O) groups is 1. The first-order chi connectivity index (χ1) is 12.6. The first kappa shape index (κ1) is 19.8. The van der Waals surface area contributed by atoms with Gasteiger partial charge < -0.3 is 14.8 Å². The summed E-state index contributed by atoms with van der Waals surface area (Å²) < 4.78 is 10.7. The number of hydrogen-bond acceptors (Lipinski definition) is 3. The lowest BCUT2D eigenvalue weighted by molar-refractivity contribution is -0.116. The maximum absolute atomic E-state index is 11.5. The molecular formula is C22H29NO3. The Balaban J connectivity index is 1.54. The number of nitrogens with one attached hydrogen (secondary N) is 1. The molecule has 0 aromatic heterocycles. The topological polar surface area (TPSA) is 47.6 Å². The van der Waals surface area contributed by atoms with Gasteiger partial charge in [-0.15, -0.1) is 0 Å². The SMILES string of the molecule is CC(C)CNC(=O)C=C/C=C/CCCCC=Cc1ccc2c(c1)OCO2. The third-order valence-corrected chi connectivity index (χ3v) is 3.88. The predicted octanol–water partition coefficient (Wildman–Crippen LogP) is 4.87. The van der Waals surface area contributed by atoms with Crippen molar-refractivity contribution in [2.24, 2.45) is 5.92 Å². The van der Waals surface area contributed by atoms with Gasteiger partial charge in [-0.2, -0.15) is 0 Å². The maximum atomic E-state index is 11.5. The molecule has 1 amide bonds. The molecule has 0 saturated carbocycles. The highest BCUT2D eigenvalue weighted by Crippen LogP contribution is 2.32. The second-order valence-corrected chi connectivity index (χ2v) is 6.73. The largest absolute Gasteiger partial charge is 0.454 e. The standard InChI is InChI=1S/C22H29NO3/c1-18(2)16-23-22(24)12-10-8-6-4-3-5-7-9-11-19-13-14-20-21(15-19)26-17-25-20/h6,8-15,18H,3-5,7,16-17H2,1-2H3,(H,23,24)/b8-6+,11-9?,12-10?. The normalized spacial score (nSPS) is 13.5. The Morgan fingerprint density at radius 3 is 2.69 bits per heavy atom. The van der Waals surface area contributed by atoms with Gasteiger partial charge in [-0.1, -0.05) is 50.3 Å². The third kappa shape index (κ3) is 7.60. The van der Waals surface area contributed by atoms with E-state index in [1.807, 2.05) is 24.3 Å². The van der Waals surface area contributed by atoms with Crippen LogP contribution in [0.3, 0.4) is 0 Å². The Hall–Kier alpha value is -2.49. The highest BCUT2D eigenvalue weighted by atomic mass is 16.7. The van der Waals surface area contributed by atoms with Gasteiger partial charge in [0.05, 0.1) is 0 Å². The van der Waals surface area contributed by atoms with Crippen molar-refractivity contribution >= 4 is 12.0 Å². The molecule has 26 heavy (non-hydrogen) atoms. The van der Waals surface area contributed by atoms with E-state index < -0.39 is 0 Å². The number of unbranched alkanes of at least 4 members (excludes halogenated alkanes) is 3. The van der Waals surface area contributed by atoms with Gasteiger partial charge in [-0.25, -0.2) is 0 Å². The molecule has 0 spiro atoms. The fraction of sp³-hybridized carbons (Fsp3) is 0.409. The van der Waals surface area contributed by atoms with Crippen molar-refractivity contribution in [1.82, 2.24) is 5.32 Å². The molecule has 1 aliphatic heterocycles. The minimum atomic E-state index is -0.0306. The quantitative estimate of drug-likeness (QED) is 0.370. The zero-order valence-corrected chi connectivity index (χ0v) is 15.7. The molecule has 0 saturated heterocycles. The van der Waals surface area contributed by atoms with Crippen molar-refractivity contribution < 1.29 is 14.3 Å². The summed E-state index contributed by atoms with van der Waals surface area (Å²) in [6.07, 6.45) is 16.1. The van der Waals surface area contributed by atoms with Crippen LogP contribution in [0.15, 0.2) is 48.6 Å². The number of carbonyl (C=O) groups excluding carboxylic acids is 1. The zero-order chi connectivity index (χ0) is 18.6. The Labute approximate surface area is 156 Å². The highest BCUT2D eigenvalue weighted by Gasteiger charge is 2.11. The van der Waals surface area contributed by atoms with Crippen molar-refractivity contribution in [2.75, 3.05) is 13.3 Å². The summed E-state index contributed by atoms with van der Waals surface area (Å²) >= 11 is 0. The smallest absolute Gasteiger partial charge is 0.243 e. The molecule has 4 heteroatoms. The van der Waals surface area contributed by atoms with Crippen molar-refractivity contribution in [1.29, 1.82) is 0 Å². The number of fused-ring (bicyclic) bond motifs is 1. The van der Waals surface area contributed by atoms with Gasteiger partial charge in [-0.3, -0.25) is 4.79 Å². The van der Waals surface area contributed by atoms with Gasteiger partial charge in [0.15, 0.2) is 11.5 Å². The Bertz CT molecular complexity index is 659. The molecule has 0 atom stereocenters. The van der Waals surface area contributed by atoms with Crippen molar-refractivity contribution in [3.05, 3.63) is 54.1 Å². The van der Waals surface area contributed by atoms with Crippen molar-refractivity contribution in [3.63, 3.8) is 0 Å². The summed E-state index contributed by atoms with van der Waals surface area (Å²) in [5.74, 6) is 2.09. The fourth-order valence-electron chi connectivity index (χ4n) is 2.44. The first-order valence-corrected chi connectivity index (χ1v) is 9.32. The fourth-order valence-corrected chi connectivity index (χ4v) is 2.44. The summed E-state index contributed by atoms with van der Waals surface area (Å²) in [7, 11) is 0. The number of amides is 1. The number of allylic oxidation sites excluding steroid dienone is 4. The van der Waals surface area contributed by atoms with Crippen LogP contribution in [0.4, 0.5) is 0 Å². The van der Waals surface area contributed by atoms with Crippen LogP contribution >= 0.6 is 0 Å². The summed E-state index contributed by atoms with van der Waals surface area (Å²) in [6.45, 7) is 5.18. The van der Waals surface area contributed by atoms with Crippen LogP contribution in [-0.4, -0.2) is 19.2 Å². The molecule has 0 radical (unpaired) electrons. The van der Waals surface area contributed by atoms with E-state index in [1.54, 1.807) is 12.2 Å². The Morgan fingerprint density at radius 2 is 1.88 bits per heavy atom. The van der Waals surface area contributed by atoms with Gasteiger partial charge in [0.25, 0.3) is 0 Å². The van der Waals surface area contributed by atoms with Gasteiger partial charge >= 0.3 is 0 Å². The molecule has 0 aliphatic carbocycles. The Kier molecular flexibility index (Phi) is 8.53. The third-order valence-electron chi connectivity index (χ3n) is 3.88. The molecule has 2 rings (SSSR count). The van der Waals surface area contributed by atoms with E-state index in [0.29, 0.717) is 19.3 Å². The van der Waals surface area contributed by atoms with Gasteiger partial charge in [-0.05, 0) is 49.3 Å². The van der Waals surface area contributed by atoms with E-state index in [1.165, 1.54) is 0 Å². The second kappa shape index (κ2) is 11.2. The van der Waals surface area contributed by atoms with E-state index in [9.17, 15) is 4.79 Å². The van der Waals surface area contributed by atoms with E-state index in [2.05, 4.69) is 37.4 Å². The van der Waals surface area contributed by atoms with Crippen LogP contribution in [0.5, 0.6) is 11.5 Å². The molecule has 0 unspecified atom stereocenters. The van der Waals surface area contributed by atoms with E-state index in [-0.39, 0.29) is 5.91 Å². The molecule has 1 aromatic rings. The zero-order valence-electron chi connectivity index (χ0n) is 15.7. The Morgan fingerprint density at radius 1 is 1.12 bits per heavy atom. The molecule has 1 aromatic carbocycles. The van der Waals surface area contributed by atoms with Crippen LogP contribution in [0, 0.1) is 5.92 Å². The minimum absolute atomic E-state index is 0.0306. The van der Waals surface area contributed by atoms with Gasteiger partial charge in [0.1, 0.15) is 0 Å². The number of ether oxygens (including phenoxy) is 2. The minimum Gasteiger partial charge on any atom is -0.454 e. The monoisotopic (exact) mass is 355 g/mol. The maximum Gasteiger partial charge on any atom is 0.243 e. The van der Waals surface area contributed by atoms with Crippen molar-refractivity contribution in [2.45, 2.75) is 39.5 Å². The first-order valence-electron chi connectivity index (χ1n) is 9.32. The molecular weight excluding hydrogens is 326 g/mol. The second-order valence-electron chi connectivity index (χ2n) is 6.73. The van der Waals surface area contributed by atoms with Crippen LogP contribution in [-0.2, 0) is 4.79 Å². The van der Waals surface area contributed by atoms with Crippen LogP contribution in [0.1, 0.15) is 45.1 Å². The average Bonchev–Trinajstić information content (AvgIpc) is 3.09. The molecule has 1 N–H and O–H groups in total. The van der Waals surface area contributed by atoms with Crippen LogP contribution in [0.25, 0.3) is 6.08 Å². The molecule has 140 valence electrons. The molecule has 0 bridgehead atoms. The molecule has 1 heterocycles. The summed E-state index contributed by atoms with van der Waals surface area (Å²) in [5, 5.41) is 2.85. The number of rotatable bonds is 10. The number of benzene rings is 1. The van der Waals surface area contributed by atoms with Crippen LogP contribution < -0.4 is 14.8 Å². The summed E-state index contributed by atoms with van der Waals surface area (Å²) in [4.78, 5) is 11.5.